The minimum absolute atomic E-state index is 0.0248. The maximum absolute atomic E-state index is 11.9. The van der Waals surface area contributed by atoms with Crippen molar-refractivity contribution in [1.29, 1.82) is 0 Å². The van der Waals surface area contributed by atoms with Crippen molar-refractivity contribution in [3.8, 4) is 0 Å². The molecule has 19 heavy (non-hydrogen) atoms. The summed E-state index contributed by atoms with van der Waals surface area (Å²) in [5.41, 5.74) is 9.14. The molecule has 0 fully saturated rings. The maximum Gasteiger partial charge on any atom is 0.389 e. The molecule has 1 aromatic rings. The average molecular weight is 275 g/mol. The van der Waals surface area contributed by atoms with Gasteiger partial charge in [0.15, 0.2) is 0 Å². The Balaban J connectivity index is 2.35. The van der Waals surface area contributed by atoms with Crippen LogP contribution in [-0.4, -0.2) is 19.4 Å². The molecule has 0 aromatic heterocycles. The lowest BCUT2D eigenvalue weighted by molar-refractivity contribution is -0.137. The van der Waals surface area contributed by atoms with Gasteiger partial charge in [-0.25, -0.2) is 0 Å². The van der Waals surface area contributed by atoms with Crippen LogP contribution in [0.25, 0.3) is 0 Å². The summed E-state index contributed by atoms with van der Waals surface area (Å²) in [6, 6.07) is 5.66. The Morgan fingerprint density at radius 2 is 1.95 bits per heavy atom. The zero-order valence-electron chi connectivity index (χ0n) is 11.3. The van der Waals surface area contributed by atoms with Crippen molar-refractivity contribution in [3.05, 3.63) is 34.9 Å². The standard InChI is InChI=1S/C14H20F3NO/c1-10-4-5-11(2)12(8-10)13(18)9-19-7-3-6-14(15,16)17/h4-5,8,13H,3,6-7,9,18H2,1-2H3. The highest BCUT2D eigenvalue weighted by molar-refractivity contribution is 5.32. The van der Waals surface area contributed by atoms with E-state index in [-0.39, 0.29) is 25.7 Å². The fraction of sp³-hybridized carbons (Fsp3) is 0.571. The number of hydrogen-bond donors (Lipinski definition) is 1. The summed E-state index contributed by atoms with van der Waals surface area (Å²) in [4.78, 5) is 0. The van der Waals surface area contributed by atoms with E-state index in [2.05, 4.69) is 0 Å². The second kappa shape index (κ2) is 6.91. The third-order valence-electron chi connectivity index (χ3n) is 2.88. The molecule has 0 bridgehead atoms. The van der Waals surface area contributed by atoms with Gasteiger partial charge in [-0.05, 0) is 31.4 Å². The van der Waals surface area contributed by atoms with Gasteiger partial charge >= 0.3 is 6.18 Å². The first-order valence-electron chi connectivity index (χ1n) is 6.27. The Morgan fingerprint density at radius 1 is 1.26 bits per heavy atom. The molecule has 1 aromatic carbocycles. The Labute approximate surface area is 111 Å². The van der Waals surface area contributed by atoms with Gasteiger partial charge in [-0.15, -0.1) is 0 Å². The minimum atomic E-state index is -4.11. The van der Waals surface area contributed by atoms with Gasteiger partial charge in [0.05, 0.1) is 12.6 Å². The van der Waals surface area contributed by atoms with Crippen LogP contribution in [-0.2, 0) is 4.74 Å². The third kappa shape index (κ3) is 6.07. The number of hydrogen-bond acceptors (Lipinski definition) is 2. The molecule has 108 valence electrons. The van der Waals surface area contributed by atoms with Crippen molar-refractivity contribution >= 4 is 0 Å². The predicted octanol–water partition coefficient (Wildman–Crippen LogP) is 3.66. The second-order valence-corrected chi connectivity index (χ2v) is 4.76. The molecule has 1 rings (SSSR count). The first kappa shape index (κ1) is 16.0. The summed E-state index contributed by atoms with van der Waals surface area (Å²) >= 11 is 0. The number of alkyl halides is 3. The fourth-order valence-corrected chi connectivity index (χ4v) is 1.83. The molecule has 2 N–H and O–H groups in total. The van der Waals surface area contributed by atoms with Crippen LogP contribution in [0.5, 0.6) is 0 Å². The molecule has 1 unspecified atom stereocenters. The smallest absolute Gasteiger partial charge is 0.379 e. The van der Waals surface area contributed by atoms with Gasteiger partial charge in [0.25, 0.3) is 0 Å². The lowest BCUT2D eigenvalue weighted by atomic mass is 10.00. The molecular formula is C14H20F3NO. The fourth-order valence-electron chi connectivity index (χ4n) is 1.83. The number of rotatable bonds is 6. The minimum Gasteiger partial charge on any atom is -0.379 e. The third-order valence-corrected chi connectivity index (χ3v) is 2.88. The van der Waals surface area contributed by atoms with E-state index >= 15 is 0 Å². The molecule has 0 spiro atoms. The van der Waals surface area contributed by atoms with Crippen LogP contribution in [0.3, 0.4) is 0 Å². The van der Waals surface area contributed by atoms with E-state index in [0.29, 0.717) is 0 Å². The van der Waals surface area contributed by atoms with Crippen molar-refractivity contribution in [3.63, 3.8) is 0 Å². The molecule has 0 aliphatic carbocycles. The summed E-state index contributed by atoms with van der Waals surface area (Å²) in [5.74, 6) is 0. The molecule has 0 saturated carbocycles. The van der Waals surface area contributed by atoms with E-state index in [1.165, 1.54) is 0 Å². The predicted molar refractivity (Wildman–Crippen MR) is 69.0 cm³/mol. The highest BCUT2D eigenvalue weighted by Crippen LogP contribution is 2.21. The Kier molecular flexibility index (Phi) is 5.82. The van der Waals surface area contributed by atoms with Gasteiger partial charge in [0.1, 0.15) is 0 Å². The van der Waals surface area contributed by atoms with Crippen molar-refractivity contribution in [1.82, 2.24) is 0 Å². The summed E-state index contributed by atoms with van der Waals surface area (Å²) in [6.45, 7) is 4.25. The Morgan fingerprint density at radius 3 is 2.58 bits per heavy atom. The van der Waals surface area contributed by atoms with Crippen LogP contribution >= 0.6 is 0 Å². The van der Waals surface area contributed by atoms with Crippen LogP contribution < -0.4 is 5.73 Å². The van der Waals surface area contributed by atoms with Crippen molar-refractivity contribution in [2.45, 2.75) is 38.9 Å². The number of ether oxygens (including phenoxy) is 1. The molecule has 0 saturated heterocycles. The van der Waals surface area contributed by atoms with Crippen LogP contribution in [0.15, 0.2) is 18.2 Å². The highest BCUT2D eigenvalue weighted by atomic mass is 19.4. The van der Waals surface area contributed by atoms with Crippen LogP contribution in [0, 0.1) is 13.8 Å². The van der Waals surface area contributed by atoms with Gasteiger partial charge in [0, 0.05) is 13.0 Å². The van der Waals surface area contributed by atoms with Gasteiger partial charge in [-0.1, -0.05) is 23.8 Å². The molecule has 1 atom stereocenters. The van der Waals surface area contributed by atoms with Crippen LogP contribution in [0.1, 0.15) is 35.6 Å². The van der Waals surface area contributed by atoms with Crippen LogP contribution in [0.4, 0.5) is 13.2 Å². The molecule has 0 amide bonds. The Hall–Kier alpha value is -1.07. The number of benzene rings is 1. The number of nitrogens with two attached hydrogens (primary N) is 1. The van der Waals surface area contributed by atoms with Crippen molar-refractivity contribution < 1.29 is 17.9 Å². The number of halogens is 3. The van der Waals surface area contributed by atoms with Gasteiger partial charge in [0.2, 0.25) is 0 Å². The first-order chi connectivity index (χ1) is 8.79. The molecule has 2 nitrogen and oxygen atoms in total. The quantitative estimate of drug-likeness (QED) is 0.804. The maximum atomic E-state index is 11.9. The monoisotopic (exact) mass is 275 g/mol. The largest absolute Gasteiger partial charge is 0.389 e. The Bertz CT molecular complexity index is 404. The van der Waals surface area contributed by atoms with E-state index in [4.69, 9.17) is 10.5 Å². The van der Waals surface area contributed by atoms with Gasteiger partial charge in [-0.3, -0.25) is 0 Å². The number of aryl methyl sites for hydroxylation is 2. The van der Waals surface area contributed by atoms with Crippen molar-refractivity contribution in [2.24, 2.45) is 5.73 Å². The summed E-state index contributed by atoms with van der Waals surface area (Å²) in [6.07, 6.45) is -4.95. The highest BCUT2D eigenvalue weighted by Gasteiger charge is 2.25. The summed E-state index contributed by atoms with van der Waals surface area (Å²) < 4.78 is 41.0. The topological polar surface area (TPSA) is 35.2 Å². The molecule has 0 aliphatic heterocycles. The van der Waals surface area contributed by atoms with Crippen molar-refractivity contribution in [2.75, 3.05) is 13.2 Å². The lowest BCUT2D eigenvalue weighted by Crippen LogP contribution is -2.19. The van der Waals surface area contributed by atoms with Gasteiger partial charge < -0.3 is 10.5 Å². The van der Waals surface area contributed by atoms with E-state index in [0.717, 1.165) is 16.7 Å². The normalized spacial score (nSPS) is 13.6. The van der Waals surface area contributed by atoms with E-state index in [9.17, 15) is 13.2 Å². The summed E-state index contributed by atoms with van der Waals surface area (Å²) in [5, 5.41) is 0. The lowest BCUT2D eigenvalue weighted by Gasteiger charge is -2.16. The molecule has 5 heteroatoms. The molecular weight excluding hydrogens is 255 g/mol. The zero-order chi connectivity index (χ0) is 14.5. The van der Waals surface area contributed by atoms with E-state index in [1.54, 1.807) is 0 Å². The SMILES string of the molecule is Cc1ccc(C)c(C(N)COCCCC(F)(F)F)c1. The van der Waals surface area contributed by atoms with Gasteiger partial charge in [-0.2, -0.15) is 13.2 Å². The zero-order valence-corrected chi connectivity index (χ0v) is 11.3. The summed E-state index contributed by atoms with van der Waals surface area (Å²) in [7, 11) is 0. The van der Waals surface area contributed by atoms with Crippen LogP contribution in [0.2, 0.25) is 0 Å². The molecule has 0 aliphatic rings. The molecule has 0 radical (unpaired) electrons. The van der Waals surface area contributed by atoms with E-state index < -0.39 is 12.6 Å². The first-order valence-corrected chi connectivity index (χ1v) is 6.27. The molecule has 0 heterocycles. The second-order valence-electron chi connectivity index (χ2n) is 4.76. The average Bonchev–Trinajstić information content (AvgIpc) is 2.30. The van der Waals surface area contributed by atoms with E-state index in [1.807, 2.05) is 32.0 Å².